The van der Waals surface area contributed by atoms with Gasteiger partial charge in [-0.25, -0.2) is 9.97 Å². The molecule has 10 heteroatoms. The van der Waals surface area contributed by atoms with Crippen molar-refractivity contribution < 1.29 is 19.3 Å². The number of nitrogens with zero attached hydrogens (tertiary/aromatic N) is 3. The van der Waals surface area contributed by atoms with Crippen LogP contribution < -0.4 is 5.73 Å². The fraction of sp³-hybridized carbons (Fsp3) is 0.615. The lowest BCUT2D eigenvalue weighted by molar-refractivity contribution is -0.199. The van der Waals surface area contributed by atoms with E-state index in [1.54, 1.807) is 10.9 Å². The molecule has 4 atom stereocenters. The molecule has 0 bridgehead atoms. The normalized spacial score (nSPS) is 32.5. The van der Waals surface area contributed by atoms with Crippen LogP contribution in [0.5, 0.6) is 0 Å². The number of fused-ring (bicyclic) bond motifs is 2. The van der Waals surface area contributed by atoms with Gasteiger partial charge in [-0.3, -0.25) is 4.57 Å². The summed E-state index contributed by atoms with van der Waals surface area (Å²) in [7, 11) is 0. The number of aliphatic hydroxyl groups is 1. The van der Waals surface area contributed by atoms with Crippen molar-refractivity contribution in [1.82, 2.24) is 19.5 Å². The van der Waals surface area contributed by atoms with Crippen LogP contribution >= 0.6 is 12.2 Å². The number of aliphatic hydroxyl groups excluding tert-OH is 1. The predicted octanol–water partition coefficient (Wildman–Crippen LogP) is 0.481. The lowest BCUT2D eigenvalue weighted by Crippen LogP contribution is -2.31. The average Bonchev–Trinajstić information content (AvgIpc) is 3.09. The summed E-state index contributed by atoms with van der Waals surface area (Å²) in [6.45, 7) is 3.50. The van der Waals surface area contributed by atoms with E-state index in [2.05, 4.69) is 15.0 Å². The highest BCUT2D eigenvalue weighted by Gasteiger charge is 2.55. The molecule has 0 aliphatic carbocycles. The number of rotatable bonds is 2. The van der Waals surface area contributed by atoms with Crippen molar-refractivity contribution >= 4 is 29.3 Å². The lowest BCUT2D eigenvalue weighted by Gasteiger charge is -2.24. The fourth-order valence-electron chi connectivity index (χ4n) is 3.18. The molecule has 0 amide bonds. The second-order valence-corrected chi connectivity index (χ2v) is 6.48. The average molecular weight is 339 g/mol. The summed E-state index contributed by atoms with van der Waals surface area (Å²) in [4.78, 5) is 11.2. The highest BCUT2D eigenvalue weighted by atomic mass is 32.1. The first-order valence-corrected chi connectivity index (χ1v) is 7.65. The number of aromatic amines is 1. The van der Waals surface area contributed by atoms with Gasteiger partial charge in [0.1, 0.15) is 29.5 Å². The summed E-state index contributed by atoms with van der Waals surface area (Å²) < 4.78 is 19.8. The zero-order valence-electron chi connectivity index (χ0n) is 12.6. The number of anilines is 1. The highest BCUT2D eigenvalue weighted by molar-refractivity contribution is 7.71. The molecule has 2 aromatic heterocycles. The minimum absolute atomic E-state index is 0.163. The SMILES string of the molecule is CC1(C)O[C@@H]2[C@H](O1)[C@@H](CO)O[C@H]2n1cnc2c(=S)nc(N)[nH]c21. The molecule has 2 aliphatic heterocycles. The van der Waals surface area contributed by atoms with Gasteiger partial charge in [-0.2, -0.15) is 0 Å². The monoisotopic (exact) mass is 339 g/mol. The van der Waals surface area contributed by atoms with Gasteiger partial charge in [0.2, 0.25) is 0 Å². The third-order valence-corrected chi connectivity index (χ3v) is 4.33. The number of H-pyrrole nitrogens is 1. The van der Waals surface area contributed by atoms with E-state index in [1.165, 1.54) is 0 Å². The second-order valence-electron chi connectivity index (χ2n) is 6.09. The maximum atomic E-state index is 9.56. The summed E-state index contributed by atoms with van der Waals surface area (Å²) in [6, 6.07) is 0. The van der Waals surface area contributed by atoms with Crippen molar-refractivity contribution in [3.63, 3.8) is 0 Å². The van der Waals surface area contributed by atoms with Crippen molar-refractivity contribution in [3.8, 4) is 0 Å². The molecule has 4 N–H and O–H groups in total. The third-order valence-electron chi connectivity index (χ3n) is 4.04. The van der Waals surface area contributed by atoms with Crippen LogP contribution in [0.3, 0.4) is 0 Å². The Morgan fingerprint density at radius 3 is 2.91 bits per heavy atom. The molecule has 4 heterocycles. The molecule has 0 aromatic carbocycles. The molecular weight excluding hydrogens is 322 g/mol. The number of imidazole rings is 1. The Morgan fingerprint density at radius 2 is 2.17 bits per heavy atom. The van der Waals surface area contributed by atoms with Crippen LogP contribution in [0.1, 0.15) is 20.1 Å². The number of nitrogens with two attached hydrogens (primary N) is 1. The van der Waals surface area contributed by atoms with Crippen LogP contribution in [0.25, 0.3) is 11.2 Å². The van der Waals surface area contributed by atoms with Crippen molar-refractivity contribution in [3.05, 3.63) is 11.0 Å². The first kappa shape index (κ1) is 15.0. The summed E-state index contributed by atoms with van der Waals surface area (Å²) >= 11 is 5.18. The van der Waals surface area contributed by atoms with E-state index in [9.17, 15) is 5.11 Å². The fourth-order valence-corrected chi connectivity index (χ4v) is 3.42. The maximum Gasteiger partial charge on any atom is 0.200 e. The van der Waals surface area contributed by atoms with Crippen LogP contribution in [0.4, 0.5) is 5.95 Å². The second kappa shape index (κ2) is 4.95. The number of nitrogen functional groups attached to an aromatic ring is 1. The van der Waals surface area contributed by atoms with E-state index < -0.39 is 18.1 Å². The quantitative estimate of drug-likeness (QED) is 0.676. The molecule has 23 heavy (non-hydrogen) atoms. The molecule has 2 aliphatic rings. The Bertz CT molecular complexity index is 818. The summed E-state index contributed by atoms with van der Waals surface area (Å²) in [5.41, 5.74) is 6.87. The van der Waals surface area contributed by atoms with Crippen molar-refractivity contribution in [2.24, 2.45) is 0 Å². The van der Waals surface area contributed by atoms with Gasteiger partial charge in [-0.1, -0.05) is 12.2 Å². The van der Waals surface area contributed by atoms with Crippen LogP contribution in [-0.2, 0) is 14.2 Å². The van der Waals surface area contributed by atoms with E-state index in [0.29, 0.717) is 15.8 Å². The zero-order valence-corrected chi connectivity index (χ0v) is 13.4. The lowest BCUT2D eigenvalue weighted by atomic mass is 10.1. The van der Waals surface area contributed by atoms with E-state index in [0.717, 1.165) is 0 Å². The molecular formula is C13H17N5O4S. The Kier molecular flexibility index (Phi) is 3.22. The molecule has 2 aromatic rings. The van der Waals surface area contributed by atoms with Crippen molar-refractivity contribution in [1.29, 1.82) is 0 Å². The molecule has 9 nitrogen and oxygen atoms in total. The van der Waals surface area contributed by atoms with E-state index >= 15 is 0 Å². The minimum Gasteiger partial charge on any atom is -0.394 e. The van der Waals surface area contributed by atoms with E-state index in [-0.39, 0.29) is 24.8 Å². The number of ether oxygens (including phenoxy) is 3. The van der Waals surface area contributed by atoms with Gasteiger partial charge >= 0.3 is 0 Å². The van der Waals surface area contributed by atoms with Gasteiger partial charge in [0, 0.05) is 0 Å². The maximum absolute atomic E-state index is 9.56. The Balaban J connectivity index is 1.80. The number of hydrogen-bond donors (Lipinski definition) is 3. The molecule has 0 radical (unpaired) electrons. The number of nitrogens with one attached hydrogen (secondary N) is 1. The molecule has 0 unspecified atom stereocenters. The Morgan fingerprint density at radius 1 is 1.43 bits per heavy atom. The van der Waals surface area contributed by atoms with Crippen LogP contribution in [0.15, 0.2) is 6.33 Å². The Labute approximate surface area is 136 Å². The zero-order chi connectivity index (χ0) is 16.4. The molecule has 0 spiro atoms. The molecule has 4 rings (SSSR count). The molecule has 124 valence electrons. The first-order valence-electron chi connectivity index (χ1n) is 7.24. The number of hydrogen-bond acceptors (Lipinski definition) is 8. The van der Waals surface area contributed by atoms with Crippen LogP contribution in [0.2, 0.25) is 0 Å². The van der Waals surface area contributed by atoms with Crippen LogP contribution in [0, 0.1) is 4.64 Å². The van der Waals surface area contributed by atoms with Crippen LogP contribution in [-0.4, -0.2) is 55.3 Å². The van der Waals surface area contributed by atoms with Crippen molar-refractivity contribution in [2.75, 3.05) is 12.3 Å². The topological polar surface area (TPSA) is 120 Å². The van der Waals surface area contributed by atoms with Gasteiger partial charge < -0.3 is 30.0 Å². The smallest absolute Gasteiger partial charge is 0.200 e. The third kappa shape index (κ3) is 2.25. The summed E-state index contributed by atoms with van der Waals surface area (Å²) in [6.07, 6.45) is -0.146. The molecule has 2 saturated heterocycles. The van der Waals surface area contributed by atoms with Gasteiger partial charge in [0.05, 0.1) is 12.9 Å². The van der Waals surface area contributed by atoms with Gasteiger partial charge in [0.25, 0.3) is 0 Å². The number of aromatic nitrogens is 4. The largest absolute Gasteiger partial charge is 0.394 e. The summed E-state index contributed by atoms with van der Waals surface area (Å²) in [5.74, 6) is -0.546. The predicted molar refractivity (Wildman–Crippen MR) is 81.9 cm³/mol. The molecule has 2 fully saturated rings. The standard InChI is InChI=1S/C13H17N5O4S/c1-13(2)21-7-5(3-19)20-11(8(7)22-13)18-4-15-6-9(18)16-12(14)17-10(6)23/h4-5,7-8,11,19H,3H2,1-2H3,(H3,14,16,17,23)/t5-,7-,8-,11-/m1/s1. The van der Waals surface area contributed by atoms with Gasteiger partial charge in [-0.05, 0) is 13.8 Å². The van der Waals surface area contributed by atoms with E-state index in [4.69, 9.17) is 32.2 Å². The summed E-state index contributed by atoms with van der Waals surface area (Å²) in [5, 5.41) is 9.56. The van der Waals surface area contributed by atoms with Crippen molar-refractivity contribution in [2.45, 2.75) is 44.2 Å². The Hall–Kier alpha value is -1.59. The van der Waals surface area contributed by atoms with Gasteiger partial charge in [0.15, 0.2) is 22.6 Å². The minimum atomic E-state index is -0.741. The van der Waals surface area contributed by atoms with Gasteiger partial charge in [-0.15, -0.1) is 0 Å². The highest BCUT2D eigenvalue weighted by Crippen LogP contribution is 2.43. The molecule has 0 saturated carbocycles. The first-order chi connectivity index (χ1) is 10.9. The van der Waals surface area contributed by atoms with E-state index in [1.807, 2.05) is 13.8 Å².